The molecular formula is C16H27NO2. The summed E-state index contributed by atoms with van der Waals surface area (Å²) >= 11 is 0. The molecule has 1 aromatic carbocycles. The van der Waals surface area contributed by atoms with E-state index in [-0.39, 0.29) is 12.6 Å². The van der Waals surface area contributed by atoms with Gasteiger partial charge >= 0.3 is 0 Å². The highest BCUT2D eigenvalue weighted by atomic mass is 16.5. The molecule has 3 heteroatoms. The van der Waals surface area contributed by atoms with E-state index >= 15 is 0 Å². The molecule has 0 aliphatic rings. The zero-order valence-electron chi connectivity index (χ0n) is 12.6. The van der Waals surface area contributed by atoms with Crippen LogP contribution < -0.4 is 10.1 Å². The first-order valence-corrected chi connectivity index (χ1v) is 7.07. The zero-order valence-corrected chi connectivity index (χ0v) is 12.6. The first kappa shape index (κ1) is 16.0. The van der Waals surface area contributed by atoms with Gasteiger partial charge in [-0.15, -0.1) is 0 Å². The molecule has 0 spiro atoms. The quantitative estimate of drug-likeness (QED) is 0.710. The molecule has 19 heavy (non-hydrogen) atoms. The normalized spacial score (nSPS) is 14.2. The summed E-state index contributed by atoms with van der Waals surface area (Å²) in [7, 11) is 1.72. The topological polar surface area (TPSA) is 41.5 Å². The molecule has 1 aromatic rings. The molecule has 3 nitrogen and oxygen atoms in total. The largest absolute Gasteiger partial charge is 0.496 e. The number of aliphatic hydroxyl groups excluding tert-OH is 1. The summed E-state index contributed by atoms with van der Waals surface area (Å²) in [6, 6.07) is 6.59. The molecule has 0 fully saturated rings. The Morgan fingerprint density at radius 2 is 2.05 bits per heavy atom. The van der Waals surface area contributed by atoms with Crippen molar-refractivity contribution in [2.45, 2.75) is 39.7 Å². The van der Waals surface area contributed by atoms with E-state index in [2.05, 4.69) is 44.3 Å². The Bertz CT molecular complexity index is 379. The van der Waals surface area contributed by atoms with Gasteiger partial charge < -0.3 is 15.2 Å². The van der Waals surface area contributed by atoms with Crippen molar-refractivity contribution in [1.82, 2.24) is 5.32 Å². The third-order valence-corrected chi connectivity index (χ3v) is 3.49. The van der Waals surface area contributed by atoms with Crippen molar-refractivity contribution in [1.29, 1.82) is 0 Å². The van der Waals surface area contributed by atoms with E-state index < -0.39 is 0 Å². The molecule has 2 N–H and O–H groups in total. The summed E-state index contributed by atoms with van der Waals surface area (Å²) in [6.45, 7) is 7.54. The summed E-state index contributed by atoms with van der Waals surface area (Å²) in [5.41, 5.74) is 2.41. The Kier molecular flexibility index (Phi) is 6.89. The maximum atomic E-state index is 8.98. The number of ether oxygens (including phenoxy) is 1. The van der Waals surface area contributed by atoms with Gasteiger partial charge in [-0.3, -0.25) is 0 Å². The second kappa shape index (κ2) is 8.18. The summed E-state index contributed by atoms with van der Waals surface area (Å²) in [5.74, 6) is 1.34. The van der Waals surface area contributed by atoms with Crippen molar-refractivity contribution in [2.75, 3.05) is 20.3 Å². The minimum absolute atomic E-state index is 0.278. The van der Waals surface area contributed by atoms with Crippen molar-refractivity contribution >= 4 is 0 Å². The fourth-order valence-electron chi connectivity index (χ4n) is 2.15. The molecule has 108 valence electrons. The van der Waals surface area contributed by atoms with E-state index in [4.69, 9.17) is 9.84 Å². The van der Waals surface area contributed by atoms with Crippen LogP contribution in [0.25, 0.3) is 0 Å². The molecule has 0 aliphatic heterocycles. The molecule has 0 bridgehead atoms. The van der Waals surface area contributed by atoms with Crippen LogP contribution in [-0.2, 0) is 0 Å². The molecule has 0 radical (unpaired) electrons. The van der Waals surface area contributed by atoms with Gasteiger partial charge in [0.15, 0.2) is 0 Å². The molecule has 2 unspecified atom stereocenters. The Hall–Kier alpha value is -1.06. The third-order valence-electron chi connectivity index (χ3n) is 3.49. The number of aryl methyl sites for hydroxylation is 1. The van der Waals surface area contributed by atoms with Gasteiger partial charge in [0.05, 0.1) is 7.11 Å². The van der Waals surface area contributed by atoms with E-state index in [1.54, 1.807) is 7.11 Å². The number of benzene rings is 1. The highest BCUT2D eigenvalue weighted by Crippen LogP contribution is 2.26. The minimum atomic E-state index is 0.278. The first-order chi connectivity index (χ1) is 9.08. The molecule has 0 aromatic heterocycles. The van der Waals surface area contributed by atoms with Crippen LogP contribution in [0.1, 0.15) is 43.9 Å². The van der Waals surface area contributed by atoms with Gasteiger partial charge in [0.25, 0.3) is 0 Å². The van der Waals surface area contributed by atoms with Crippen LogP contribution in [0.4, 0.5) is 0 Å². The molecule has 0 aliphatic carbocycles. The van der Waals surface area contributed by atoms with Crippen LogP contribution in [-0.4, -0.2) is 25.4 Å². The Labute approximate surface area is 117 Å². The fraction of sp³-hybridized carbons (Fsp3) is 0.625. The molecule has 1 rings (SSSR count). The smallest absolute Gasteiger partial charge is 0.123 e. The Morgan fingerprint density at radius 1 is 1.32 bits per heavy atom. The lowest BCUT2D eigenvalue weighted by molar-refractivity contribution is 0.227. The summed E-state index contributed by atoms with van der Waals surface area (Å²) < 4.78 is 5.44. The third kappa shape index (κ3) is 5.21. The van der Waals surface area contributed by atoms with Gasteiger partial charge in [-0.2, -0.15) is 0 Å². The van der Waals surface area contributed by atoms with Gasteiger partial charge in [-0.25, -0.2) is 0 Å². The standard InChI is InChI=1S/C16H27NO2/c1-12-7-8-15(16(10-12)19-4)14(3)17-9-5-6-13(2)11-18/h7-8,10,13-14,17-18H,5-6,9,11H2,1-4H3. The van der Waals surface area contributed by atoms with Crippen molar-refractivity contribution in [2.24, 2.45) is 5.92 Å². The van der Waals surface area contributed by atoms with E-state index in [0.717, 1.165) is 25.1 Å². The Morgan fingerprint density at radius 3 is 2.68 bits per heavy atom. The van der Waals surface area contributed by atoms with Crippen LogP contribution >= 0.6 is 0 Å². The average molecular weight is 265 g/mol. The van der Waals surface area contributed by atoms with Crippen molar-refractivity contribution < 1.29 is 9.84 Å². The summed E-state index contributed by atoms with van der Waals surface area (Å²) in [5, 5.41) is 12.5. The molecule has 0 saturated carbocycles. The van der Waals surface area contributed by atoms with Crippen LogP contribution in [0, 0.1) is 12.8 Å². The van der Waals surface area contributed by atoms with Gasteiger partial charge in [-0.05, 0) is 50.8 Å². The number of methoxy groups -OCH3 is 1. The SMILES string of the molecule is COc1cc(C)ccc1C(C)NCCCC(C)CO. The molecule has 2 atom stereocenters. The second-order valence-electron chi connectivity index (χ2n) is 5.35. The van der Waals surface area contributed by atoms with E-state index in [9.17, 15) is 0 Å². The van der Waals surface area contributed by atoms with Crippen LogP contribution in [0.2, 0.25) is 0 Å². The predicted molar refractivity (Wildman–Crippen MR) is 79.6 cm³/mol. The van der Waals surface area contributed by atoms with Crippen molar-refractivity contribution in [3.05, 3.63) is 29.3 Å². The maximum Gasteiger partial charge on any atom is 0.123 e. The first-order valence-electron chi connectivity index (χ1n) is 7.07. The van der Waals surface area contributed by atoms with Gasteiger partial charge in [0.2, 0.25) is 0 Å². The van der Waals surface area contributed by atoms with E-state index in [0.29, 0.717) is 5.92 Å². The van der Waals surface area contributed by atoms with E-state index in [1.165, 1.54) is 11.1 Å². The van der Waals surface area contributed by atoms with Crippen LogP contribution in [0.5, 0.6) is 5.75 Å². The summed E-state index contributed by atoms with van der Waals surface area (Å²) in [6.07, 6.45) is 2.14. The lowest BCUT2D eigenvalue weighted by Gasteiger charge is -2.18. The van der Waals surface area contributed by atoms with Crippen molar-refractivity contribution in [3.63, 3.8) is 0 Å². The average Bonchev–Trinajstić information content (AvgIpc) is 2.42. The zero-order chi connectivity index (χ0) is 14.3. The minimum Gasteiger partial charge on any atom is -0.496 e. The monoisotopic (exact) mass is 265 g/mol. The second-order valence-corrected chi connectivity index (χ2v) is 5.35. The van der Waals surface area contributed by atoms with E-state index in [1.807, 2.05) is 0 Å². The number of hydrogen-bond donors (Lipinski definition) is 2. The number of rotatable bonds is 8. The number of aliphatic hydroxyl groups is 1. The van der Waals surface area contributed by atoms with Gasteiger partial charge in [-0.1, -0.05) is 19.1 Å². The fourth-order valence-corrected chi connectivity index (χ4v) is 2.15. The van der Waals surface area contributed by atoms with Crippen LogP contribution in [0.3, 0.4) is 0 Å². The lowest BCUT2D eigenvalue weighted by Crippen LogP contribution is -2.21. The predicted octanol–water partition coefficient (Wildman–Crippen LogP) is 3.06. The number of nitrogens with one attached hydrogen (secondary N) is 1. The highest BCUT2D eigenvalue weighted by Gasteiger charge is 2.10. The molecular weight excluding hydrogens is 238 g/mol. The summed E-state index contributed by atoms with van der Waals surface area (Å²) in [4.78, 5) is 0. The van der Waals surface area contributed by atoms with Gasteiger partial charge in [0, 0.05) is 18.2 Å². The van der Waals surface area contributed by atoms with Crippen LogP contribution in [0.15, 0.2) is 18.2 Å². The lowest BCUT2D eigenvalue weighted by atomic mass is 10.0. The highest BCUT2D eigenvalue weighted by molar-refractivity contribution is 5.38. The maximum absolute atomic E-state index is 8.98. The molecule has 0 amide bonds. The molecule has 0 heterocycles. The molecule has 0 saturated heterocycles. The number of hydrogen-bond acceptors (Lipinski definition) is 3. The Balaban J connectivity index is 2.47. The van der Waals surface area contributed by atoms with Crippen molar-refractivity contribution in [3.8, 4) is 5.75 Å². The van der Waals surface area contributed by atoms with Gasteiger partial charge in [0.1, 0.15) is 5.75 Å².